The topological polar surface area (TPSA) is 12.4 Å². The number of rotatable bonds is 3. The van der Waals surface area contributed by atoms with Crippen LogP contribution in [-0.2, 0) is 6.18 Å². The number of halogens is 3. The second kappa shape index (κ2) is 10.5. The van der Waals surface area contributed by atoms with Gasteiger partial charge in [0.25, 0.3) is 0 Å². The summed E-state index contributed by atoms with van der Waals surface area (Å²) in [5.74, 6) is -0.111. The van der Waals surface area contributed by atoms with Gasteiger partial charge in [-0.25, -0.2) is 0 Å². The van der Waals surface area contributed by atoms with Crippen LogP contribution in [0.2, 0.25) is 0 Å². The maximum absolute atomic E-state index is 13.5. The van der Waals surface area contributed by atoms with Crippen LogP contribution in [0.25, 0.3) is 42.8 Å². The third kappa shape index (κ3) is 4.59. The zero-order valence-electron chi connectivity index (χ0n) is 23.6. The van der Waals surface area contributed by atoms with Gasteiger partial charge < -0.3 is 0 Å². The quantitative estimate of drug-likeness (QED) is 0.180. The van der Waals surface area contributed by atoms with Crippen molar-refractivity contribution in [2.24, 2.45) is 4.99 Å². The Bertz CT molecular complexity index is 2210. The van der Waals surface area contributed by atoms with Crippen LogP contribution < -0.4 is 0 Å². The lowest BCUT2D eigenvalue weighted by molar-refractivity contribution is -0.137. The molecule has 0 bridgehead atoms. The minimum atomic E-state index is -4.37. The van der Waals surface area contributed by atoms with Crippen molar-refractivity contribution in [2.75, 3.05) is 0 Å². The molecule has 1 unspecified atom stereocenters. The molecule has 0 N–H and O–H groups in total. The van der Waals surface area contributed by atoms with Crippen molar-refractivity contribution in [1.82, 2.24) is 0 Å². The summed E-state index contributed by atoms with van der Waals surface area (Å²) in [5.41, 5.74) is 6.60. The molecule has 1 atom stereocenters. The Balaban J connectivity index is 1.28. The molecular weight excluding hydrogens is 571 g/mol. The summed E-state index contributed by atoms with van der Waals surface area (Å²) in [5, 5.41) is 7.77. The van der Waals surface area contributed by atoms with Gasteiger partial charge >= 0.3 is 6.18 Å². The van der Waals surface area contributed by atoms with Crippen LogP contribution in [0.5, 0.6) is 0 Å². The third-order valence-corrected chi connectivity index (χ3v) is 9.74. The van der Waals surface area contributed by atoms with Crippen LogP contribution in [0, 0.1) is 0 Å². The lowest BCUT2D eigenvalue weighted by Gasteiger charge is -2.22. The Morgan fingerprint density at radius 1 is 0.636 bits per heavy atom. The van der Waals surface area contributed by atoms with Gasteiger partial charge in [-0.05, 0) is 91.8 Å². The molecule has 0 saturated carbocycles. The summed E-state index contributed by atoms with van der Waals surface area (Å²) >= 11 is 1.74. The fourth-order valence-electron chi connectivity index (χ4n) is 6.68. The van der Waals surface area contributed by atoms with E-state index in [1.807, 2.05) is 24.3 Å². The van der Waals surface area contributed by atoms with Crippen molar-refractivity contribution in [3.8, 4) is 11.1 Å². The smallest absolute Gasteiger partial charge is 0.252 e. The van der Waals surface area contributed by atoms with Crippen LogP contribution in [0.4, 0.5) is 18.9 Å². The standard InChI is InChI=1S/C39H26F3NS/c40-39(41,42)29-17-15-25(16-18-29)30-19-20-35(26-11-9-24(10-12-26)28-14-13-27-21-22-44-36(27)23-28)43-38-34-8-4-2-6-32(34)31-5-1-3-7-33(31)37(30)38/h1-18,21-23,30H,19-20H2. The molecule has 6 aromatic carbocycles. The number of alkyl halides is 3. The molecule has 0 aliphatic carbocycles. The number of hydrogen-bond acceptors (Lipinski definition) is 2. The second-order valence-corrected chi connectivity index (χ2v) is 12.3. The van der Waals surface area contributed by atoms with E-state index in [0.717, 1.165) is 61.6 Å². The molecule has 214 valence electrons. The van der Waals surface area contributed by atoms with E-state index in [1.165, 1.54) is 27.8 Å². The summed E-state index contributed by atoms with van der Waals surface area (Å²) < 4.78 is 41.6. The first-order valence-corrected chi connectivity index (χ1v) is 15.6. The maximum atomic E-state index is 13.5. The highest BCUT2D eigenvalue weighted by atomic mass is 32.1. The normalized spacial score (nSPS) is 15.3. The Labute approximate surface area is 256 Å². The minimum absolute atomic E-state index is 0.111. The largest absolute Gasteiger partial charge is 0.416 e. The summed E-state index contributed by atoms with van der Waals surface area (Å²) in [6.07, 6.45) is -2.94. The number of fused-ring (bicyclic) bond motifs is 7. The van der Waals surface area contributed by atoms with E-state index < -0.39 is 11.7 Å². The Hall–Kier alpha value is -4.74. The van der Waals surface area contributed by atoms with E-state index in [-0.39, 0.29) is 5.92 Å². The number of thiophene rings is 1. The van der Waals surface area contributed by atoms with Gasteiger partial charge in [-0.2, -0.15) is 13.2 Å². The Morgan fingerprint density at radius 3 is 2.00 bits per heavy atom. The highest BCUT2D eigenvalue weighted by Gasteiger charge is 2.31. The molecule has 7 aromatic rings. The molecule has 44 heavy (non-hydrogen) atoms. The predicted octanol–water partition coefficient (Wildman–Crippen LogP) is 11.9. The molecule has 1 nitrogen and oxygen atoms in total. The van der Waals surface area contributed by atoms with E-state index in [4.69, 9.17) is 4.99 Å². The van der Waals surface area contributed by atoms with Crippen molar-refractivity contribution in [2.45, 2.75) is 24.9 Å². The van der Waals surface area contributed by atoms with Gasteiger partial charge in [-0.15, -0.1) is 11.3 Å². The fourth-order valence-corrected chi connectivity index (χ4v) is 7.50. The first-order chi connectivity index (χ1) is 21.4. The molecule has 1 aromatic heterocycles. The number of aliphatic imine (C=N–C) groups is 1. The lowest BCUT2D eigenvalue weighted by Crippen LogP contribution is -2.07. The molecule has 1 aliphatic rings. The van der Waals surface area contributed by atoms with Crippen molar-refractivity contribution in [1.29, 1.82) is 0 Å². The molecular formula is C39H26F3NS. The number of benzene rings is 6. The van der Waals surface area contributed by atoms with Crippen LogP contribution in [0.15, 0.2) is 132 Å². The van der Waals surface area contributed by atoms with Crippen LogP contribution >= 0.6 is 11.3 Å². The lowest BCUT2D eigenvalue weighted by atomic mass is 9.82. The van der Waals surface area contributed by atoms with Crippen LogP contribution in [-0.4, -0.2) is 5.71 Å². The molecule has 0 radical (unpaired) electrons. The van der Waals surface area contributed by atoms with Crippen LogP contribution in [0.3, 0.4) is 0 Å². The monoisotopic (exact) mass is 597 g/mol. The van der Waals surface area contributed by atoms with E-state index in [2.05, 4.69) is 78.2 Å². The summed E-state index contributed by atoms with van der Waals surface area (Å²) in [7, 11) is 0. The van der Waals surface area contributed by atoms with Crippen LogP contribution in [0.1, 0.15) is 41.0 Å². The fraction of sp³-hybridized carbons (Fsp3) is 0.103. The highest BCUT2D eigenvalue weighted by molar-refractivity contribution is 7.17. The average molecular weight is 598 g/mol. The summed E-state index contributed by atoms with van der Waals surface area (Å²) in [6.45, 7) is 0. The third-order valence-electron chi connectivity index (χ3n) is 8.86. The first-order valence-electron chi connectivity index (χ1n) is 14.7. The van der Waals surface area contributed by atoms with Crippen molar-refractivity contribution in [3.05, 3.63) is 149 Å². The predicted molar refractivity (Wildman–Crippen MR) is 177 cm³/mol. The van der Waals surface area contributed by atoms with Crippen molar-refractivity contribution in [3.63, 3.8) is 0 Å². The molecule has 8 rings (SSSR count). The second-order valence-electron chi connectivity index (χ2n) is 11.4. The van der Waals surface area contributed by atoms with Gasteiger partial charge in [0.15, 0.2) is 0 Å². The minimum Gasteiger partial charge on any atom is -0.252 e. The van der Waals surface area contributed by atoms with Gasteiger partial charge in [0.1, 0.15) is 0 Å². The van der Waals surface area contributed by atoms with Gasteiger partial charge in [-0.1, -0.05) is 97.1 Å². The Morgan fingerprint density at radius 2 is 1.27 bits per heavy atom. The zero-order chi connectivity index (χ0) is 29.8. The molecule has 0 fully saturated rings. The van der Waals surface area contributed by atoms with Crippen molar-refractivity contribution < 1.29 is 13.2 Å². The van der Waals surface area contributed by atoms with Gasteiger partial charge in [0.2, 0.25) is 0 Å². The molecule has 2 heterocycles. The molecule has 0 amide bonds. The van der Waals surface area contributed by atoms with Crippen molar-refractivity contribution >= 4 is 54.4 Å². The maximum Gasteiger partial charge on any atom is 0.416 e. The van der Waals surface area contributed by atoms with Gasteiger partial charge in [0, 0.05) is 21.7 Å². The summed E-state index contributed by atoms with van der Waals surface area (Å²) in [6, 6.07) is 39.6. The molecule has 5 heteroatoms. The first kappa shape index (κ1) is 26.9. The van der Waals surface area contributed by atoms with E-state index in [0.29, 0.717) is 6.42 Å². The number of nitrogens with zero attached hydrogens (tertiary/aromatic N) is 1. The molecule has 0 saturated heterocycles. The molecule has 1 aliphatic heterocycles. The summed E-state index contributed by atoms with van der Waals surface area (Å²) in [4.78, 5) is 5.39. The van der Waals surface area contributed by atoms with Gasteiger partial charge in [0.05, 0.1) is 11.3 Å². The van der Waals surface area contributed by atoms with E-state index in [1.54, 1.807) is 23.5 Å². The average Bonchev–Trinajstić information content (AvgIpc) is 3.43. The Kier molecular flexibility index (Phi) is 6.38. The van der Waals surface area contributed by atoms with E-state index in [9.17, 15) is 13.2 Å². The zero-order valence-corrected chi connectivity index (χ0v) is 24.4. The SMILES string of the molecule is FC(F)(F)c1ccc(C2CCC(c3ccc(-c4ccc5ccsc5c4)cc3)=Nc3c2c2ccccc2c2ccccc32)cc1. The van der Waals surface area contributed by atoms with E-state index >= 15 is 0 Å². The highest BCUT2D eigenvalue weighted by Crippen LogP contribution is 2.48. The molecule has 0 spiro atoms. The van der Waals surface area contributed by atoms with Gasteiger partial charge in [-0.3, -0.25) is 4.99 Å². The number of hydrogen-bond donors (Lipinski definition) is 0.